The van der Waals surface area contributed by atoms with E-state index in [4.69, 9.17) is 9.47 Å². The molecule has 1 aromatic heterocycles. The third kappa shape index (κ3) is 4.95. The molecule has 2 aromatic carbocycles. The Bertz CT molecular complexity index is 1540. The Morgan fingerprint density at radius 3 is 2.25 bits per heavy atom. The minimum atomic E-state index is -0.731. The molecule has 0 bridgehead atoms. The third-order valence-corrected chi connectivity index (χ3v) is 6.94. The molecule has 4 rings (SSSR count). The maximum Gasteiger partial charge on any atom is 0.338 e. The molecule has 0 fully saturated rings. The second-order valence-electron chi connectivity index (χ2n) is 9.61. The van der Waals surface area contributed by atoms with Crippen molar-refractivity contribution < 1.29 is 19.1 Å². The predicted octanol–water partition coefficient (Wildman–Crippen LogP) is 3.63. The maximum atomic E-state index is 13.6. The van der Waals surface area contributed by atoms with Gasteiger partial charge < -0.3 is 9.47 Å². The largest absolute Gasteiger partial charge is 0.466 e. The predicted molar refractivity (Wildman–Crippen MR) is 139 cm³/mol. The average molecular weight is 505 g/mol. The van der Waals surface area contributed by atoms with Gasteiger partial charge in [0.2, 0.25) is 0 Å². The summed E-state index contributed by atoms with van der Waals surface area (Å²) >= 11 is 1.27. The van der Waals surface area contributed by atoms with Crippen molar-refractivity contribution in [2.24, 2.45) is 4.99 Å². The molecular formula is C28H28N2O5S. The van der Waals surface area contributed by atoms with Gasteiger partial charge in [0.25, 0.3) is 5.56 Å². The van der Waals surface area contributed by atoms with Crippen molar-refractivity contribution in [2.45, 2.75) is 46.1 Å². The van der Waals surface area contributed by atoms with Crippen LogP contribution in [-0.2, 0) is 19.7 Å². The van der Waals surface area contributed by atoms with Crippen molar-refractivity contribution in [1.29, 1.82) is 0 Å². The minimum Gasteiger partial charge on any atom is -0.466 e. The molecule has 8 heteroatoms. The van der Waals surface area contributed by atoms with E-state index in [0.717, 1.165) is 5.56 Å². The van der Waals surface area contributed by atoms with Gasteiger partial charge in [-0.15, -0.1) is 0 Å². The van der Waals surface area contributed by atoms with Gasteiger partial charge in [0, 0.05) is 6.92 Å². The lowest BCUT2D eigenvalue weighted by molar-refractivity contribution is -0.136. The molecule has 0 radical (unpaired) electrons. The molecule has 36 heavy (non-hydrogen) atoms. The normalized spacial score (nSPS) is 15.8. The number of hydrogen-bond donors (Lipinski definition) is 0. The molecule has 0 amide bonds. The summed E-state index contributed by atoms with van der Waals surface area (Å²) in [6, 6.07) is 14.1. The fourth-order valence-electron chi connectivity index (χ4n) is 4.12. The molecule has 1 aliphatic rings. The van der Waals surface area contributed by atoms with Crippen LogP contribution in [-0.4, -0.2) is 23.6 Å². The van der Waals surface area contributed by atoms with Gasteiger partial charge >= 0.3 is 11.9 Å². The number of nitrogens with zero attached hydrogens (tertiary/aromatic N) is 2. The van der Waals surface area contributed by atoms with Gasteiger partial charge in [0.05, 0.1) is 29.0 Å². The summed E-state index contributed by atoms with van der Waals surface area (Å²) in [6.07, 6.45) is 1.84. The van der Waals surface area contributed by atoms with Crippen molar-refractivity contribution in [3.63, 3.8) is 0 Å². The Morgan fingerprint density at radius 1 is 1.06 bits per heavy atom. The second-order valence-corrected chi connectivity index (χ2v) is 10.6. The lowest BCUT2D eigenvalue weighted by Crippen LogP contribution is -2.39. The molecular weight excluding hydrogens is 476 g/mol. The Hall–Kier alpha value is -3.78. The molecule has 0 saturated heterocycles. The number of carbonyl (C=O) groups is 2. The van der Waals surface area contributed by atoms with E-state index in [1.807, 2.05) is 18.2 Å². The number of carbonyl (C=O) groups excluding carboxylic acids is 2. The number of hydrogen-bond acceptors (Lipinski definition) is 7. The van der Waals surface area contributed by atoms with Crippen LogP contribution in [0.5, 0.6) is 5.75 Å². The molecule has 0 saturated carbocycles. The van der Waals surface area contributed by atoms with Crippen LogP contribution in [0.25, 0.3) is 6.08 Å². The molecule has 1 aliphatic heterocycles. The van der Waals surface area contributed by atoms with Crippen molar-refractivity contribution >= 4 is 29.4 Å². The second kappa shape index (κ2) is 9.70. The molecule has 0 spiro atoms. The maximum absolute atomic E-state index is 13.6. The van der Waals surface area contributed by atoms with E-state index in [0.29, 0.717) is 26.3 Å². The monoisotopic (exact) mass is 504 g/mol. The molecule has 186 valence electrons. The highest BCUT2D eigenvalue weighted by molar-refractivity contribution is 7.07. The van der Waals surface area contributed by atoms with Crippen molar-refractivity contribution in [3.8, 4) is 5.75 Å². The Morgan fingerprint density at radius 2 is 1.69 bits per heavy atom. The van der Waals surface area contributed by atoms with Gasteiger partial charge in [-0.25, -0.2) is 9.79 Å². The zero-order valence-corrected chi connectivity index (χ0v) is 21.9. The first kappa shape index (κ1) is 25.3. The highest BCUT2D eigenvalue weighted by Gasteiger charge is 2.33. The molecule has 0 unspecified atom stereocenters. The van der Waals surface area contributed by atoms with Crippen molar-refractivity contribution in [3.05, 3.63) is 96.2 Å². The molecule has 0 N–H and O–H groups in total. The zero-order chi connectivity index (χ0) is 26.2. The van der Waals surface area contributed by atoms with Crippen LogP contribution in [0.4, 0.5) is 0 Å². The van der Waals surface area contributed by atoms with Gasteiger partial charge in [-0.3, -0.25) is 14.2 Å². The van der Waals surface area contributed by atoms with Gasteiger partial charge in [-0.2, -0.15) is 0 Å². The van der Waals surface area contributed by atoms with E-state index in [-0.39, 0.29) is 16.5 Å². The molecule has 2 heterocycles. The topological polar surface area (TPSA) is 87.0 Å². The highest BCUT2D eigenvalue weighted by Crippen LogP contribution is 2.31. The molecule has 7 nitrogen and oxygen atoms in total. The Balaban J connectivity index is 1.86. The SMILES string of the molecule is COC(=O)C1=C(C)N=c2sc(=Cc3ccc(C(C)(C)C)cc3)c(=O)n2[C@H]1c1ccc(OC(C)=O)cc1. The van der Waals surface area contributed by atoms with Crippen LogP contribution >= 0.6 is 11.3 Å². The Labute approximate surface area is 213 Å². The summed E-state index contributed by atoms with van der Waals surface area (Å²) in [5.74, 6) is -0.618. The van der Waals surface area contributed by atoms with Gasteiger partial charge in [-0.05, 0) is 47.2 Å². The van der Waals surface area contributed by atoms with Gasteiger partial charge in [0.1, 0.15) is 5.75 Å². The van der Waals surface area contributed by atoms with Gasteiger partial charge in [-0.1, -0.05) is 68.5 Å². The third-order valence-electron chi connectivity index (χ3n) is 5.96. The van der Waals surface area contributed by atoms with Gasteiger partial charge in [0.15, 0.2) is 4.80 Å². The first-order chi connectivity index (χ1) is 17.0. The summed E-state index contributed by atoms with van der Waals surface area (Å²) < 4.78 is 12.2. The summed E-state index contributed by atoms with van der Waals surface area (Å²) in [5.41, 5.74) is 3.33. The van der Waals surface area contributed by atoms with E-state index in [1.165, 1.54) is 35.5 Å². The van der Waals surface area contributed by atoms with E-state index in [1.54, 1.807) is 31.2 Å². The number of fused-ring (bicyclic) bond motifs is 1. The van der Waals surface area contributed by atoms with Crippen molar-refractivity contribution in [2.75, 3.05) is 7.11 Å². The quantitative estimate of drug-likeness (QED) is 0.400. The van der Waals surface area contributed by atoms with Crippen LogP contribution in [0.1, 0.15) is 57.4 Å². The summed E-state index contributed by atoms with van der Waals surface area (Å²) in [4.78, 5) is 42.8. The van der Waals surface area contributed by atoms with Crippen molar-refractivity contribution in [1.82, 2.24) is 4.57 Å². The number of rotatable bonds is 4. The summed E-state index contributed by atoms with van der Waals surface area (Å²) in [5, 5.41) is 0. The average Bonchev–Trinajstić information content (AvgIpc) is 3.12. The van der Waals surface area contributed by atoms with Crippen LogP contribution in [0.3, 0.4) is 0 Å². The fraction of sp³-hybridized carbons (Fsp3) is 0.286. The van der Waals surface area contributed by atoms with Crippen LogP contribution in [0.15, 0.2) is 69.6 Å². The molecule has 3 aromatic rings. The van der Waals surface area contributed by atoms with E-state index >= 15 is 0 Å². The van der Waals surface area contributed by atoms with E-state index in [2.05, 4.69) is 37.9 Å². The lowest BCUT2D eigenvalue weighted by atomic mass is 9.87. The number of thiazole rings is 1. The first-order valence-corrected chi connectivity index (χ1v) is 12.3. The van der Waals surface area contributed by atoms with Crippen LogP contribution < -0.4 is 19.6 Å². The number of benzene rings is 2. The first-order valence-electron chi connectivity index (χ1n) is 11.5. The lowest BCUT2D eigenvalue weighted by Gasteiger charge is -2.24. The Kier molecular flexibility index (Phi) is 6.82. The smallest absolute Gasteiger partial charge is 0.338 e. The molecule has 0 aliphatic carbocycles. The number of allylic oxidation sites excluding steroid dienone is 1. The zero-order valence-electron chi connectivity index (χ0n) is 21.1. The molecule has 1 atom stereocenters. The van der Waals surface area contributed by atoms with E-state index in [9.17, 15) is 14.4 Å². The fourth-order valence-corrected chi connectivity index (χ4v) is 5.17. The standard InChI is InChI=1S/C28H28N2O5S/c1-16-23(26(33)34-6)24(19-9-13-21(14-10-19)35-17(2)31)30-25(32)22(36-27(30)29-16)15-18-7-11-20(12-8-18)28(3,4)5/h7-15,24H,1-6H3/t24-/m0/s1. The summed E-state index contributed by atoms with van der Waals surface area (Å²) in [7, 11) is 1.30. The van der Waals surface area contributed by atoms with Crippen LogP contribution in [0, 0.1) is 0 Å². The number of methoxy groups -OCH3 is 1. The number of ether oxygens (including phenoxy) is 2. The highest BCUT2D eigenvalue weighted by atomic mass is 32.1. The number of aromatic nitrogens is 1. The number of esters is 2. The minimum absolute atomic E-state index is 0.0324. The van der Waals surface area contributed by atoms with E-state index < -0.39 is 18.0 Å². The summed E-state index contributed by atoms with van der Waals surface area (Å²) in [6.45, 7) is 9.51. The van der Waals surface area contributed by atoms with Crippen LogP contribution in [0.2, 0.25) is 0 Å².